The Hall–Kier alpha value is -0.900. The molecule has 1 fully saturated rings. The summed E-state index contributed by atoms with van der Waals surface area (Å²) < 4.78 is 11.0. The molecule has 26 heavy (non-hydrogen) atoms. The zero-order chi connectivity index (χ0) is 18.1. The van der Waals surface area contributed by atoms with Gasteiger partial charge in [-0.1, -0.05) is 30.3 Å². The molecule has 0 bridgehead atoms. The Kier molecular flexibility index (Phi) is 10.4. The van der Waals surface area contributed by atoms with Crippen molar-refractivity contribution in [2.24, 2.45) is 4.99 Å². The van der Waals surface area contributed by atoms with Gasteiger partial charge < -0.3 is 20.1 Å². The van der Waals surface area contributed by atoms with E-state index in [1.54, 1.807) is 14.2 Å². The lowest BCUT2D eigenvalue weighted by atomic mass is 10.0. The van der Waals surface area contributed by atoms with Gasteiger partial charge in [0.1, 0.15) is 0 Å². The van der Waals surface area contributed by atoms with Crippen LogP contribution in [0.15, 0.2) is 35.3 Å². The summed E-state index contributed by atoms with van der Waals surface area (Å²) in [5, 5.41) is 6.80. The summed E-state index contributed by atoms with van der Waals surface area (Å²) in [7, 11) is 3.52. The largest absolute Gasteiger partial charge is 0.379 e. The highest BCUT2D eigenvalue weighted by molar-refractivity contribution is 14.0. The van der Waals surface area contributed by atoms with Gasteiger partial charge in [0, 0.05) is 40.3 Å². The minimum absolute atomic E-state index is 0. The highest BCUT2D eigenvalue weighted by Gasteiger charge is 2.23. The fourth-order valence-corrected chi connectivity index (χ4v) is 2.80. The highest BCUT2D eigenvalue weighted by atomic mass is 127. The van der Waals surface area contributed by atoms with Gasteiger partial charge in [0.25, 0.3) is 0 Å². The summed E-state index contributed by atoms with van der Waals surface area (Å²) in [6.07, 6.45) is 0. The molecule has 0 amide bonds. The number of nitrogens with one attached hydrogen (secondary N) is 2. The summed E-state index contributed by atoms with van der Waals surface area (Å²) in [5.41, 5.74) is 1.07. The summed E-state index contributed by atoms with van der Waals surface area (Å²) in [6, 6.07) is 10.9. The van der Waals surface area contributed by atoms with Crippen molar-refractivity contribution in [1.29, 1.82) is 0 Å². The zero-order valence-electron chi connectivity index (χ0n) is 16.3. The average Bonchev–Trinajstić information content (AvgIpc) is 2.66. The number of ether oxygens (including phenoxy) is 2. The fourth-order valence-electron chi connectivity index (χ4n) is 2.80. The minimum atomic E-state index is -0.235. The zero-order valence-corrected chi connectivity index (χ0v) is 18.7. The van der Waals surface area contributed by atoms with Gasteiger partial charge in [-0.25, -0.2) is 0 Å². The number of rotatable bonds is 7. The van der Waals surface area contributed by atoms with Crippen LogP contribution in [-0.4, -0.2) is 70.0 Å². The van der Waals surface area contributed by atoms with Gasteiger partial charge in [-0.15, -0.1) is 24.0 Å². The van der Waals surface area contributed by atoms with Crippen LogP contribution in [-0.2, 0) is 9.47 Å². The van der Waals surface area contributed by atoms with E-state index in [-0.39, 0.29) is 29.6 Å². The van der Waals surface area contributed by atoms with Crippen molar-refractivity contribution in [3.8, 4) is 0 Å². The maximum absolute atomic E-state index is 5.51. The van der Waals surface area contributed by atoms with Crippen molar-refractivity contribution in [3.63, 3.8) is 0 Å². The smallest absolute Gasteiger partial charge is 0.191 e. The molecule has 0 aromatic heterocycles. The Labute approximate surface area is 174 Å². The molecule has 1 heterocycles. The second kappa shape index (κ2) is 11.7. The lowest BCUT2D eigenvalue weighted by molar-refractivity contribution is 0.0167. The molecule has 6 nitrogen and oxygen atoms in total. The van der Waals surface area contributed by atoms with Crippen LogP contribution in [0.1, 0.15) is 25.5 Å². The fraction of sp³-hybridized carbons (Fsp3) is 0.632. The van der Waals surface area contributed by atoms with E-state index in [0.717, 1.165) is 38.8 Å². The second-order valence-electron chi connectivity index (χ2n) is 6.85. The lowest BCUT2D eigenvalue weighted by Crippen LogP contribution is -2.48. The summed E-state index contributed by atoms with van der Waals surface area (Å²) in [5.74, 6) is 0.791. The highest BCUT2D eigenvalue weighted by Crippen LogP contribution is 2.21. The molecule has 1 aromatic carbocycles. The van der Waals surface area contributed by atoms with E-state index in [2.05, 4.69) is 50.9 Å². The van der Waals surface area contributed by atoms with Gasteiger partial charge in [0.2, 0.25) is 0 Å². The molecule has 2 N–H and O–H groups in total. The number of benzene rings is 1. The van der Waals surface area contributed by atoms with Crippen molar-refractivity contribution in [1.82, 2.24) is 15.5 Å². The molecule has 7 heteroatoms. The van der Waals surface area contributed by atoms with Crippen molar-refractivity contribution >= 4 is 29.9 Å². The van der Waals surface area contributed by atoms with Crippen LogP contribution in [0.2, 0.25) is 0 Å². The van der Waals surface area contributed by atoms with Crippen LogP contribution in [0.3, 0.4) is 0 Å². The predicted molar refractivity (Wildman–Crippen MR) is 117 cm³/mol. The first-order valence-electron chi connectivity index (χ1n) is 8.92. The van der Waals surface area contributed by atoms with Gasteiger partial charge in [0.05, 0.1) is 24.9 Å². The van der Waals surface area contributed by atoms with Crippen molar-refractivity contribution < 1.29 is 9.47 Å². The maximum Gasteiger partial charge on any atom is 0.191 e. The lowest BCUT2D eigenvalue weighted by Gasteiger charge is -2.35. The van der Waals surface area contributed by atoms with E-state index >= 15 is 0 Å². The summed E-state index contributed by atoms with van der Waals surface area (Å²) in [4.78, 5) is 6.80. The van der Waals surface area contributed by atoms with Gasteiger partial charge in [-0.2, -0.15) is 0 Å². The number of methoxy groups -OCH3 is 1. The molecular formula is C19H33IN4O2. The van der Waals surface area contributed by atoms with E-state index in [9.17, 15) is 0 Å². The Morgan fingerprint density at radius 1 is 1.23 bits per heavy atom. The molecule has 1 aliphatic rings. The van der Waals surface area contributed by atoms with Gasteiger partial charge in [-0.05, 0) is 19.4 Å². The van der Waals surface area contributed by atoms with Crippen LogP contribution >= 0.6 is 24.0 Å². The third-order valence-electron chi connectivity index (χ3n) is 4.59. The average molecular weight is 476 g/mol. The molecule has 1 atom stereocenters. The van der Waals surface area contributed by atoms with Gasteiger partial charge >= 0.3 is 0 Å². The number of guanidine groups is 1. The first-order chi connectivity index (χ1) is 12.1. The molecule has 1 aliphatic heterocycles. The SMILES string of the molecule is CN=C(NCC(c1ccccc1)N1CCOCC1)NCC(C)(C)OC.I. The minimum Gasteiger partial charge on any atom is -0.379 e. The standard InChI is InChI=1S/C19H32N4O2.HI/c1-19(2,24-4)15-22-18(20-3)21-14-17(16-8-6-5-7-9-16)23-10-12-25-13-11-23;/h5-9,17H,10-15H2,1-4H3,(H2,20,21,22);1H. The van der Waals surface area contributed by atoms with E-state index in [1.807, 2.05) is 13.8 Å². The summed E-state index contributed by atoms with van der Waals surface area (Å²) >= 11 is 0. The van der Waals surface area contributed by atoms with E-state index in [1.165, 1.54) is 5.56 Å². The third kappa shape index (κ3) is 7.38. The van der Waals surface area contributed by atoms with Gasteiger partial charge in [0.15, 0.2) is 5.96 Å². The van der Waals surface area contributed by atoms with Crippen LogP contribution in [0.25, 0.3) is 0 Å². The number of hydrogen-bond donors (Lipinski definition) is 2. The number of hydrogen-bond acceptors (Lipinski definition) is 4. The Balaban J connectivity index is 0.00000338. The Morgan fingerprint density at radius 3 is 2.46 bits per heavy atom. The quantitative estimate of drug-likeness (QED) is 0.359. The van der Waals surface area contributed by atoms with E-state index in [0.29, 0.717) is 12.6 Å². The number of halogens is 1. The topological polar surface area (TPSA) is 58.1 Å². The van der Waals surface area contributed by atoms with E-state index in [4.69, 9.17) is 9.47 Å². The predicted octanol–water partition coefficient (Wildman–Crippen LogP) is 2.27. The van der Waals surface area contributed by atoms with Gasteiger partial charge in [-0.3, -0.25) is 9.89 Å². The monoisotopic (exact) mass is 476 g/mol. The first kappa shape index (κ1) is 23.1. The molecule has 148 valence electrons. The van der Waals surface area contributed by atoms with E-state index < -0.39 is 0 Å². The molecule has 1 aromatic rings. The Bertz CT molecular complexity index is 534. The third-order valence-corrected chi connectivity index (χ3v) is 4.59. The number of morpholine rings is 1. The molecule has 0 aliphatic carbocycles. The Morgan fingerprint density at radius 2 is 1.88 bits per heavy atom. The molecule has 1 unspecified atom stereocenters. The van der Waals surface area contributed by atoms with Crippen molar-refractivity contribution in [3.05, 3.63) is 35.9 Å². The van der Waals surface area contributed by atoms with Crippen molar-refractivity contribution in [2.45, 2.75) is 25.5 Å². The summed E-state index contributed by atoms with van der Waals surface area (Å²) in [6.45, 7) is 9.06. The van der Waals surface area contributed by atoms with Crippen LogP contribution < -0.4 is 10.6 Å². The van der Waals surface area contributed by atoms with Crippen LogP contribution in [0, 0.1) is 0 Å². The molecule has 0 saturated carbocycles. The van der Waals surface area contributed by atoms with Crippen molar-refractivity contribution in [2.75, 3.05) is 53.6 Å². The van der Waals surface area contributed by atoms with Crippen LogP contribution in [0.5, 0.6) is 0 Å². The maximum atomic E-state index is 5.51. The number of nitrogens with zero attached hydrogens (tertiary/aromatic N) is 2. The second-order valence-corrected chi connectivity index (χ2v) is 6.85. The van der Waals surface area contributed by atoms with Crippen LogP contribution in [0.4, 0.5) is 0 Å². The molecule has 0 spiro atoms. The normalized spacial score (nSPS) is 17.3. The number of aliphatic imine (C=N–C) groups is 1. The molecular weight excluding hydrogens is 443 g/mol. The molecule has 2 rings (SSSR count). The molecule has 1 saturated heterocycles. The molecule has 0 radical (unpaired) electrons. The first-order valence-corrected chi connectivity index (χ1v) is 8.92.